The van der Waals surface area contributed by atoms with Crippen LogP contribution in [0.4, 0.5) is 0 Å². The Morgan fingerprint density at radius 3 is 2.35 bits per heavy atom. The number of hydrogen-bond donors (Lipinski definition) is 1. The van der Waals surface area contributed by atoms with Crippen molar-refractivity contribution in [3.8, 4) is 0 Å². The first-order valence-corrected chi connectivity index (χ1v) is 8.47. The first-order valence-electron chi connectivity index (χ1n) is 6.20. The van der Waals surface area contributed by atoms with Gasteiger partial charge in [0.2, 0.25) is 10.0 Å². The molecule has 5 heteroatoms. The van der Waals surface area contributed by atoms with Crippen LogP contribution in [-0.2, 0) is 16.6 Å². The lowest BCUT2D eigenvalue weighted by Gasteiger charge is -2.10. The maximum absolute atomic E-state index is 12.3. The van der Waals surface area contributed by atoms with E-state index in [9.17, 15) is 8.42 Å². The van der Waals surface area contributed by atoms with E-state index in [2.05, 4.69) is 20.7 Å². The summed E-state index contributed by atoms with van der Waals surface area (Å²) >= 11 is 3.35. The molecular weight excluding hydrogens is 338 g/mol. The summed E-state index contributed by atoms with van der Waals surface area (Å²) in [5.74, 6) is 0. The number of sulfonamides is 1. The number of benzene rings is 2. The normalized spacial score (nSPS) is 11.6. The van der Waals surface area contributed by atoms with Crippen molar-refractivity contribution in [2.75, 3.05) is 0 Å². The van der Waals surface area contributed by atoms with E-state index in [1.54, 1.807) is 13.0 Å². The van der Waals surface area contributed by atoms with Crippen molar-refractivity contribution in [1.29, 1.82) is 0 Å². The third-order valence-electron chi connectivity index (χ3n) is 3.01. The minimum atomic E-state index is -3.48. The van der Waals surface area contributed by atoms with Crippen molar-refractivity contribution < 1.29 is 8.42 Å². The molecule has 3 nitrogen and oxygen atoms in total. The van der Waals surface area contributed by atoms with Crippen LogP contribution in [0.5, 0.6) is 0 Å². The summed E-state index contributed by atoms with van der Waals surface area (Å²) in [5.41, 5.74) is 2.60. The molecule has 2 aromatic carbocycles. The van der Waals surface area contributed by atoms with E-state index in [-0.39, 0.29) is 6.54 Å². The van der Waals surface area contributed by atoms with Gasteiger partial charge in [0.15, 0.2) is 0 Å². The quantitative estimate of drug-likeness (QED) is 0.913. The average Bonchev–Trinajstić information content (AvgIpc) is 2.41. The van der Waals surface area contributed by atoms with Gasteiger partial charge in [-0.15, -0.1) is 0 Å². The fourth-order valence-corrected chi connectivity index (χ4v) is 3.46. The Bertz CT molecular complexity index is 709. The highest BCUT2D eigenvalue weighted by molar-refractivity contribution is 9.10. The molecule has 0 aliphatic carbocycles. The SMILES string of the molecule is Cc1ccc(C)c(S(=O)(=O)NCc2ccc(Br)cc2)c1. The molecule has 0 saturated heterocycles. The Labute approximate surface area is 128 Å². The molecule has 2 aromatic rings. The lowest BCUT2D eigenvalue weighted by Crippen LogP contribution is -2.24. The van der Waals surface area contributed by atoms with Crippen molar-refractivity contribution in [3.05, 3.63) is 63.6 Å². The summed E-state index contributed by atoms with van der Waals surface area (Å²) in [6, 6.07) is 13.0. The van der Waals surface area contributed by atoms with Gasteiger partial charge in [0.25, 0.3) is 0 Å². The first kappa shape index (κ1) is 15.2. The Morgan fingerprint density at radius 2 is 1.70 bits per heavy atom. The third kappa shape index (κ3) is 3.69. The monoisotopic (exact) mass is 353 g/mol. The zero-order valence-electron chi connectivity index (χ0n) is 11.4. The van der Waals surface area contributed by atoms with Crippen LogP contribution < -0.4 is 4.72 Å². The molecule has 106 valence electrons. The van der Waals surface area contributed by atoms with Crippen LogP contribution >= 0.6 is 15.9 Å². The van der Waals surface area contributed by atoms with Crippen molar-refractivity contribution in [2.24, 2.45) is 0 Å². The topological polar surface area (TPSA) is 46.2 Å². The highest BCUT2D eigenvalue weighted by Gasteiger charge is 2.16. The van der Waals surface area contributed by atoms with Crippen LogP contribution in [0.1, 0.15) is 16.7 Å². The zero-order valence-corrected chi connectivity index (χ0v) is 13.8. The predicted molar refractivity (Wildman–Crippen MR) is 84.1 cm³/mol. The lowest BCUT2D eigenvalue weighted by molar-refractivity contribution is 0.580. The van der Waals surface area contributed by atoms with Crippen LogP contribution in [0.15, 0.2) is 51.8 Å². The van der Waals surface area contributed by atoms with Crippen LogP contribution in [0.2, 0.25) is 0 Å². The van der Waals surface area contributed by atoms with Crippen molar-refractivity contribution >= 4 is 26.0 Å². The summed E-state index contributed by atoms with van der Waals surface area (Å²) in [5, 5.41) is 0. The number of nitrogens with one attached hydrogen (secondary N) is 1. The fraction of sp³-hybridized carbons (Fsp3) is 0.200. The van der Waals surface area contributed by atoms with Gasteiger partial charge in [-0.3, -0.25) is 0 Å². The van der Waals surface area contributed by atoms with Gasteiger partial charge in [0, 0.05) is 11.0 Å². The van der Waals surface area contributed by atoms with Crippen LogP contribution in [0, 0.1) is 13.8 Å². The molecule has 1 N–H and O–H groups in total. The molecule has 0 heterocycles. The summed E-state index contributed by atoms with van der Waals surface area (Å²) in [7, 11) is -3.48. The van der Waals surface area contributed by atoms with Crippen LogP contribution in [0.3, 0.4) is 0 Å². The van der Waals surface area contributed by atoms with Crippen LogP contribution in [0.25, 0.3) is 0 Å². The standard InChI is InChI=1S/C15H16BrNO2S/c1-11-3-4-12(2)15(9-11)20(18,19)17-10-13-5-7-14(16)8-6-13/h3-9,17H,10H2,1-2H3. The predicted octanol–water partition coefficient (Wildman–Crippen LogP) is 3.54. The minimum Gasteiger partial charge on any atom is -0.207 e. The molecule has 0 saturated carbocycles. The largest absolute Gasteiger partial charge is 0.241 e. The summed E-state index contributed by atoms with van der Waals surface area (Å²) < 4.78 is 28.3. The van der Waals surface area contributed by atoms with Crippen LogP contribution in [-0.4, -0.2) is 8.42 Å². The molecule has 0 amide bonds. The minimum absolute atomic E-state index is 0.281. The summed E-state index contributed by atoms with van der Waals surface area (Å²) in [6.07, 6.45) is 0. The molecule has 0 aliphatic rings. The van der Waals surface area contributed by atoms with Gasteiger partial charge in [0.05, 0.1) is 4.90 Å². The molecule has 0 atom stereocenters. The highest BCUT2D eigenvalue weighted by Crippen LogP contribution is 2.17. The Hall–Kier alpha value is -1.17. The smallest absolute Gasteiger partial charge is 0.207 e. The van der Waals surface area contributed by atoms with Gasteiger partial charge in [-0.05, 0) is 48.7 Å². The second kappa shape index (κ2) is 6.08. The van der Waals surface area contributed by atoms with Crippen molar-refractivity contribution in [1.82, 2.24) is 4.72 Å². The molecular formula is C15H16BrNO2S. The van der Waals surface area contributed by atoms with Gasteiger partial charge < -0.3 is 0 Å². The third-order valence-corrected chi connectivity index (χ3v) is 5.08. The average molecular weight is 354 g/mol. The maximum Gasteiger partial charge on any atom is 0.241 e. The van der Waals surface area contributed by atoms with Crippen molar-refractivity contribution in [2.45, 2.75) is 25.3 Å². The van der Waals surface area contributed by atoms with E-state index in [0.29, 0.717) is 4.90 Å². The first-order chi connectivity index (χ1) is 9.38. The second-order valence-corrected chi connectivity index (χ2v) is 7.37. The molecule has 0 aromatic heterocycles. The molecule has 0 spiro atoms. The number of hydrogen-bond acceptors (Lipinski definition) is 2. The van der Waals surface area contributed by atoms with E-state index in [1.165, 1.54) is 0 Å². The van der Waals surface area contributed by atoms with Crippen molar-refractivity contribution in [3.63, 3.8) is 0 Å². The van der Waals surface area contributed by atoms with Gasteiger partial charge in [-0.2, -0.15) is 0 Å². The van der Waals surface area contributed by atoms with E-state index in [4.69, 9.17) is 0 Å². The molecule has 0 aliphatic heterocycles. The van der Waals surface area contributed by atoms with E-state index in [1.807, 2.05) is 43.3 Å². The number of rotatable bonds is 4. The van der Waals surface area contributed by atoms with E-state index < -0.39 is 10.0 Å². The Kier molecular flexibility index (Phi) is 4.62. The van der Waals surface area contributed by atoms with Gasteiger partial charge >= 0.3 is 0 Å². The lowest BCUT2D eigenvalue weighted by atomic mass is 10.2. The summed E-state index contributed by atoms with van der Waals surface area (Å²) in [4.78, 5) is 0.342. The number of aryl methyl sites for hydroxylation is 2. The summed E-state index contributed by atoms with van der Waals surface area (Å²) in [6.45, 7) is 3.96. The van der Waals surface area contributed by atoms with Gasteiger partial charge in [-0.1, -0.05) is 40.2 Å². The molecule has 20 heavy (non-hydrogen) atoms. The fourth-order valence-electron chi connectivity index (χ4n) is 1.86. The second-order valence-electron chi connectivity index (χ2n) is 4.72. The molecule has 0 fully saturated rings. The Balaban J connectivity index is 2.19. The van der Waals surface area contributed by atoms with E-state index >= 15 is 0 Å². The van der Waals surface area contributed by atoms with E-state index in [0.717, 1.165) is 21.2 Å². The molecule has 0 radical (unpaired) electrons. The molecule has 0 bridgehead atoms. The van der Waals surface area contributed by atoms with Gasteiger partial charge in [0.1, 0.15) is 0 Å². The van der Waals surface area contributed by atoms with Gasteiger partial charge in [-0.25, -0.2) is 13.1 Å². The Morgan fingerprint density at radius 1 is 1.05 bits per heavy atom. The highest BCUT2D eigenvalue weighted by atomic mass is 79.9. The molecule has 0 unspecified atom stereocenters. The number of halogens is 1. The molecule has 2 rings (SSSR count). The maximum atomic E-state index is 12.3. The zero-order chi connectivity index (χ0) is 14.8.